The highest BCUT2D eigenvalue weighted by Crippen LogP contribution is 2.27. The largest absolute Gasteiger partial charge is 0.504 e. The van der Waals surface area contributed by atoms with Crippen LogP contribution in [0, 0.1) is 11.3 Å². The third kappa shape index (κ3) is 2.63. The number of nitriles is 1. The number of phenols is 1. The highest BCUT2D eigenvalue weighted by Gasteiger charge is 2.22. The molecule has 0 bridgehead atoms. The molecular formula is C11H15N3O2. The zero-order valence-corrected chi connectivity index (χ0v) is 9.32. The molecule has 0 saturated carbocycles. The summed E-state index contributed by atoms with van der Waals surface area (Å²) < 4.78 is 4.98. The van der Waals surface area contributed by atoms with Gasteiger partial charge in [-0.15, -0.1) is 0 Å². The van der Waals surface area contributed by atoms with Crippen molar-refractivity contribution in [2.75, 3.05) is 7.11 Å². The van der Waals surface area contributed by atoms with E-state index in [-0.39, 0.29) is 5.75 Å². The van der Waals surface area contributed by atoms with E-state index in [1.54, 1.807) is 19.1 Å². The van der Waals surface area contributed by atoms with Crippen molar-refractivity contribution < 1.29 is 9.84 Å². The lowest BCUT2D eigenvalue weighted by molar-refractivity contribution is 0.372. The predicted molar refractivity (Wildman–Crippen MR) is 59.7 cm³/mol. The average Bonchev–Trinajstić information content (AvgIpc) is 2.31. The number of nitrogens with zero attached hydrogens (tertiary/aromatic N) is 1. The molecule has 1 aromatic rings. The van der Waals surface area contributed by atoms with E-state index >= 15 is 0 Å². The van der Waals surface area contributed by atoms with Crippen LogP contribution in [0.25, 0.3) is 0 Å². The summed E-state index contributed by atoms with van der Waals surface area (Å²) in [5.41, 5.74) is 2.49. The molecule has 0 aliphatic heterocycles. The number of ether oxygens (including phenoxy) is 1. The Hall–Kier alpha value is -1.77. The summed E-state index contributed by atoms with van der Waals surface area (Å²) in [6.07, 6.45) is 0.427. The van der Waals surface area contributed by atoms with Crippen molar-refractivity contribution in [3.8, 4) is 17.6 Å². The second kappa shape index (κ2) is 4.84. The Morgan fingerprint density at radius 1 is 1.62 bits per heavy atom. The van der Waals surface area contributed by atoms with Gasteiger partial charge in [0.2, 0.25) is 0 Å². The summed E-state index contributed by atoms with van der Waals surface area (Å²) in [4.78, 5) is 0. The molecular weight excluding hydrogens is 206 g/mol. The minimum absolute atomic E-state index is 0.0746. The van der Waals surface area contributed by atoms with Crippen molar-refractivity contribution in [2.24, 2.45) is 5.84 Å². The van der Waals surface area contributed by atoms with Crippen molar-refractivity contribution in [3.05, 3.63) is 23.8 Å². The van der Waals surface area contributed by atoms with Gasteiger partial charge in [0.15, 0.2) is 11.5 Å². The monoisotopic (exact) mass is 221 g/mol. The summed E-state index contributed by atoms with van der Waals surface area (Å²) >= 11 is 0. The van der Waals surface area contributed by atoms with Crippen LogP contribution in [0.2, 0.25) is 0 Å². The van der Waals surface area contributed by atoms with Gasteiger partial charge in [-0.25, -0.2) is 5.43 Å². The molecule has 1 rings (SSSR count). The molecule has 0 fully saturated rings. The van der Waals surface area contributed by atoms with Crippen LogP contribution in [0.4, 0.5) is 0 Å². The van der Waals surface area contributed by atoms with Crippen LogP contribution < -0.4 is 16.0 Å². The molecule has 0 aliphatic rings. The third-order valence-corrected chi connectivity index (χ3v) is 2.37. The SMILES string of the molecule is COc1cc(CC(C)(C#N)NN)ccc1O. The lowest BCUT2D eigenvalue weighted by Gasteiger charge is -2.20. The molecule has 86 valence electrons. The number of phenolic OH excluding ortho intramolecular Hbond substituents is 1. The molecule has 5 heteroatoms. The minimum atomic E-state index is -0.831. The first-order valence-corrected chi connectivity index (χ1v) is 4.79. The zero-order chi connectivity index (χ0) is 12.2. The van der Waals surface area contributed by atoms with Gasteiger partial charge < -0.3 is 9.84 Å². The fourth-order valence-electron chi connectivity index (χ4n) is 1.36. The number of nitrogens with one attached hydrogen (secondary N) is 1. The first-order chi connectivity index (χ1) is 7.54. The number of rotatable bonds is 4. The first kappa shape index (κ1) is 12.3. The lowest BCUT2D eigenvalue weighted by atomic mass is 9.95. The van der Waals surface area contributed by atoms with E-state index in [1.165, 1.54) is 13.2 Å². The molecule has 0 heterocycles. The molecule has 1 aromatic carbocycles. The maximum atomic E-state index is 9.42. The van der Waals surface area contributed by atoms with E-state index in [0.717, 1.165) is 5.56 Å². The van der Waals surface area contributed by atoms with Gasteiger partial charge in [0.05, 0.1) is 13.2 Å². The van der Waals surface area contributed by atoms with E-state index in [2.05, 4.69) is 11.5 Å². The van der Waals surface area contributed by atoms with E-state index in [9.17, 15) is 5.11 Å². The smallest absolute Gasteiger partial charge is 0.160 e. The highest BCUT2D eigenvalue weighted by molar-refractivity contribution is 5.42. The van der Waals surface area contributed by atoms with Crippen molar-refractivity contribution in [2.45, 2.75) is 18.9 Å². The van der Waals surface area contributed by atoms with E-state index in [0.29, 0.717) is 12.2 Å². The van der Waals surface area contributed by atoms with Gasteiger partial charge in [0.25, 0.3) is 0 Å². The second-order valence-electron chi connectivity index (χ2n) is 3.77. The van der Waals surface area contributed by atoms with Gasteiger partial charge in [0.1, 0.15) is 5.54 Å². The van der Waals surface area contributed by atoms with Crippen molar-refractivity contribution in [3.63, 3.8) is 0 Å². The Bertz CT molecular complexity index is 414. The standard InChI is InChI=1S/C11H15N3O2/c1-11(7-12,14-13)6-8-3-4-9(15)10(5-8)16-2/h3-5,14-15H,6,13H2,1-2H3. The molecule has 0 saturated heterocycles. The maximum absolute atomic E-state index is 9.42. The number of hydrogen-bond acceptors (Lipinski definition) is 5. The fraction of sp³-hybridized carbons (Fsp3) is 0.364. The maximum Gasteiger partial charge on any atom is 0.160 e. The van der Waals surface area contributed by atoms with Gasteiger partial charge >= 0.3 is 0 Å². The molecule has 0 radical (unpaired) electrons. The fourth-order valence-corrected chi connectivity index (χ4v) is 1.36. The van der Waals surface area contributed by atoms with E-state index < -0.39 is 5.54 Å². The van der Waals surface area contributed by atoms with Gasteiger partial charge in [-0.05, 0) is 24.6 Å². The van der Waals surface area contributed by atoms with Crippen LogP contribution in [0.15, 0.2) is 18.2 Å². The summed E-state index contributed by atoms with van der Waals surface area (Å²) in [5, 5.41) is 18.4. The summed E-state index contributed by atoms with van der Waals surface area (Å²) in [5.74, 6) is 5.77. The summed E-state index contributed by atoms with van der Waals surface area (Å²) in [6, 6.07) is 7.03. The summed E-state index contributed by atoms with van der Waals surface area (Å²) in [6.45, 7) is 1.70. The van der Waals surface area contributed by atoms with Gasteiger partial charge in [-0.3, -0.25) is 5.84 Å². The number of benzene rings is 1. The molecule has 4 N–H and O–H groups in total. The molecule has 1 unspecified atom stereocenters. The molecule has 1 atom stereocenters. The quantitative estimate of drug-likeness (QED) is 0.514. The molecule has 0 amide bonds. The number of hydrazine groups is 1. The number of nitrogens with two attached hydrogens (primary N) is 1. The van der Waals surface area contributed by atoms with Gasteiger partial charge in [-0.2, -0.15) is 5.26 Å². The Morgan fingerprint density at radius 3 is 2.81 bits per heavy atom. The number of aromatic hydroxyl groups is 1. The normalized spacial score (nSPS) is 13.9. The van der Waals surface area contributed by atoms with Crippen molar-refractivity contribution >= 4 is 0 Å². The average molecular weight is 221 g/mol. The lowest BCUT2D eigenvalue weighted by Crippen LogP contribution is -2.47. The Kier molecular flexibility index (Phi) is 3.72. The second-order valence-corrected chi connectivity index (χ2v) is 3.77. The van der Waals surface area contributed by atoms with Crippen LogP contribution in [0.1, 0.15) is 12.5 Å². The van der Waals surface area contributed by atoms with E-state index in [4.69, 9.17) is 15.8 Å². The summed E-state index contributed by atoms with van der Waals surface area (Å²) in [7, 11) is 1.48. The van der Waals surface area contributed by atoms with Gasteiger partial charge in [0, 0.05) is 6.42 Å². The number of methoxy groups -OCH3 is 1. The zero-order valence-electron chi connectivity index (χ0n) is 9.32. The van der Waals surface area contributed by atoms with Crippen LogP contribution in [0.5, 0.6) is 11.5 Å². The van der Waals surface area contributed by atoms with Crippen LogP contribution in [-0.4, -0.2) is 17.8 Å². The molecule has 0 aromatic heterocycles. The molecule has 16 heavy (non-hydrogen) atoms. The van der Waals surface area contributed by atoms with E-state index in [1.807, 2.05) is 0 Å². The Morgan fingerprint density at radius 2 is 2.31 bits per heavy atom. The van der Waals surface area contributed by atoms with Crippen molar-refractivity contribution in [1.29, 1.82) is 5.26 Å². The highest BCUT2D eigenvalue weighted by atomic mass is 16.5. The van der Waals surface area contributed by atoms with Crippen LogP contribution in [-0.2, 0) is 6.42 Å². The topological polar surface area (TPSA) is 91.3 Å². The Labute approximate surface area is 94.4 Å². The molecule has 0 aliphatic carbocycles. The predicted octanol–water partition coefficient (Wildman–Crippen LogP) is 0.689. The first-order valence-electron chi connectivity index (χ1n) is 4.79. The van der Waals surface area contributed by atoms with Crippen LogP contribution >= 0.6 is 0 Å². The van der Waals surface area contributed by atoms with Crippen LogP contribution in [0.3, 0.4) is 0 Å². The molecule has 5 nitrogen and oxygen atoms in total. The number of hydrogen-bond donors (Lipinski definition) is 3. The van der Waals surface area contributed by atoms with Gasteiger partial charge in [-0.1, -0.05) is 6.07 Å². The molecule has 0 spiro atoms. The van der Waals surface area contributed by atoms with Crippen molar-refractivity contribution in [1.82, 2.24) is 5.43 Å². The Balaban J connectivity index is 2.95. The minimum Gasteiger partial charge on any atom is -0.504 e. The third-order valence-electron chi connectivity index (χ3n) is 2.37.